The largest absolute Gasteiger partial charge is 0.394 e. The number of rotatable bonds is 3. The molecule has 1 aliphatic carbocycles. The molecule has 0 bridgehead atoms. The molecule has 1 amide bonds. The van der Waals surface area contributed by atoms with Crippen molar-refractivity contribution in [2.75, 3.05) is 19.6 Å². The Bertz CT molecular complexity index is 1050. The minimum Gasteiger partial charge on any atom is -0.394 e. The summed E-state index contributed by atoms with van der Waals surface area (Å²) in [6.45, 7) is 3.65. The summed E-state index contributed by atoms with van der Waals surface area (Å²) >= 11 is 0. The van der Waals surface area contributed by atoms with Crippen molar-refractivity contribution < 1.29 is 4.79 Å². The number of piperidine rings is 1. The van der Waals surface area contributed by atoms with Crippen LogP contribution in [0.2, 0.25) is 0 Å². The van der Waals surface area contributed by atoms with E-state index in [1.807, 2.05) is 35.2 Å². The number of benzene rings is 2. The van der Waals surface area contributed by atoms with E-state index < -0.39 is 0 Å². The SMILES string of the molecule is N/C(C(=O)N1CCCCC1)=C1/CC(N2CCc3ccccc3C2)CCC1=Nc1ccccc1. The highest BCUT2D eigenvalue weighted by molar-refractivity contribution is 6.09. The molecule has 1 atom stereocenters. The quantitative estimate of drug-likeness (QED) is 0.707. The number of nitrogens with zero attached hydrogens (tertiary/aromatic N) is 3. The van der Waals surface area contributed by atoms with Crippen molar-refractivity contribution in [1.82, 2.24) is 9.80 Å². The van der Waals surface area contributed by atoms with E-state index in [9.17, 15) is 4.79 Å². The van der Waals surface area contributed by atoms with Gasteiger partial charge in [0.1, 0.15) is 5.70 Å². The molecular weight excluding hydrogens is 408 g/mol. The minimum atomic E-state index is -0.00454. The highest BCUT2D eigenvalue weighted by Gasteiger charge is 2.32. The van der Waals surface area contributed by atoms with Crippen LogP contribution in [0.25, 0.3) is 0 Å². The van der Waals surface area contributed by atoms with Crippen molar-refractivity contribution in [3.05, 3.63) is 77.0 Å². The van der Waals surface area contributed by atoms with Crippen molar-refractivity contribution in [2.45, 2.75) is 57.5 Å². The van der Waals surface area contributed by atoms with E-state index in [1.165, 1.54) is 17.5 Å². The summed E-state index contributed by atoms with van der Waals surface area (Å²) in [5, 5.41) is 0. The Morgan fingerprint density at radius 1 is 0.879 bits per heavy atom. The summed E-state index contributed by atoms with van der Waals surface area (Å²) in [6.07, 6.45) is 7.09. The average molecular weight is 443 g/mol. The molecule has 1 saturated heterocycles. The van der Waals surface area contributed by atoms with Crippen molar-refractivity contribution in [3.8, 4) is 0 Å². The second-order valence-electron chi connectivity index (χ2n) is 9.52. The molecule has 2 fully saturated rings. The third kappa shape index (κ3) is 4.88. The third-order valence-electron chi connectivity index (χ3n) is 7.40. The summed E-state index contributed by atoms with van der Waals surface area (Å²) in [7, 11) is 0. The minimum absolute atomic E-state index is 0.00454. The summed E-state index contributed by atoms with van der Waals surface area (Å²) in [5.74, 6) is -0.00454. The number of amides is 1. The van der Waals surface area contributed by atoms with Crippen molar-refractivity contribution >= 4 is 17.3 Å². The molecule has 3 aliphatic rings. The molecule has 1 saturated carbocycles. The van der Waals surface area contributed by atoms with Crippen molar-refractivity contribution in [2.24, 2.45) is 10.7 Å². The summed E-state index contributed by atoms with van der Waals surface area (Å²) in [4.78, 5) is 22.8. The van der Waals surface area contributed by atoms with Crippen LogP contribution in [0.3, 0.4) is 0 Å². The first kappa shape index (κ1) is 21.9. The number of carbonyl (C=O) groups is 1. The number of aliphatic imine (C=N–C) groups is 1. The number of hydrogen-bond donors (Lipinski definition) is 1. The van der Waals surface area contributed by atoms with Crippen molar-refractivity contribution in [1.29, 1.82) is 0 Å². The number of hydrogen-bond acceptors (Lipinski definition) is 4. The second-order valence-corrected chi connectivity index (χ2v) is 9.52. The highest BCUT2D eigenvalue weighted by Crippen LogP contribution is 2.32. The van der Waals surface area contributed by atoms with Gasteiger partial charge in [-0.3, -0.25) is 14.7 Å². The summed E-state index contributed by atoms with van der Waals surface area (Å²) < 4.78 is 0. The van der Waals surface area contributed by atoms with Gasteiger partial charge in [0.25, 0.3) is 5.91 Å². The highest BCUT2D eigenvalue weighted by atomic mass is 16.2. The van der Waals surface area contributed by atoms with Gasteiger partial charge in [0.15, 0.2) is 0 Å². The summed E-state index contributed by atoms with van der Waals surface area (Å²) in [6, 6.07) is 19.2. The van der Waals surface area contributed by atoms with Gasteiger partial charge in [-0.25, -0.2) is 0 Å². The van der Waals surface area contributed by atoms with Gasteiger partial charge in [-0.05, 0) is 68.2 Å². The lowest BCUT2D eigenvalue weighted by molar-refractivity contribution is -0.128. The Hall–Kier alpha value is -2.92. The van der Waals surface area contributed by atoms with Crippen LogP contribution < -0.4 is 5.73 Å². The van der Waals surface area contributed by atoms with Gasteiger partial charge >= 0.3 is 0 Å². The molecule has 5 heteroatoms. The van der Waals surface area contributed by atoms with Crippen LogP contribution >= 0.6 is 0 Å². The zero-order chi connectivity index (χ0) is 22.6. The van der Waals surface area contributed by atoms with E-state index in [0.29, 0.717) is 11.7 Å². The molecule has 33 heavy (non-hydrogen) atoms. The standard InChI is InChI=1S/C28H34N4O/c29-27(28(33)31-16-7-2-8-17-31)25-19-24(13-14-26(25)30-23-11-3-1-4-12-23)32-18-15-21-9-5-6-10-22(21)20-32/h1,3-6,9-12,24H,2,7-8,13-20,29H2/b27-25-,30-26?. The van der Waals surface area contributed by atoms with Gasteiger partial charge in [0.2, 0.25) is 0 Å². The fourth-order valence-electron chi connectivity index (χ4n) is 5.49. The van der Waals surface area contributed by atoms with Crippen LogP contribution in [0.5, 0.6) is 0 Å². The van der Waals surface area contributed by atoms with E-state index in [2.05, 4.69) is 29.2 Å². The van der Waals surface area contributed by atoms with Crippen LogP contribution in [-0.2, 0) is 17.8 Å². The van der Waals surface area contributed by atoms with Crippen LogP contribution in [0.4, 0.5) is 5.69 Å². The first-order valence-corrected chi connectivity index (χ1v) is 12.4. The van der Waals surface area contributed by atoms with Crippen LogP contribution in [-0.4, -0.2) is 47.1 Å². The van der Waals surface area contributed by atoms with E-state index in [-0.39, 0.29) is 5.91 Å². The zero-order valence-corrected chi connectivity index (χ0v) is 19.4. The molecule has 0 spiro atoms. The Kier molecular flexibility index (Phi) is 6.58. The molecule has 0 aromatic heterocycles. The second kappa shape index (κ2) is 9.92. The van der Waals surface area contributed by atoms with Gasteiger partial charge in [-0.2, -0.15) is 0 Å². The summed E-state index contributed by atoms with van der Waals surface area (Å²) in [5.41, 5.74) is 12.8. The topological polar surface area (TPSA) is 61.9 Å². The number of para-hydroxylation sites is 1. The van der Waals surface area contributed by atoms with Gasteiger partial charge in [-0.1, -0.05) is 42.5 Å². The lowest BCUT2D eigenvalue weighted by Gasteiger charge is -2.39. The molecule has 2 aromatic rings. The monoisotopic (exact) mass is 442 g/mol. The molecule has 0 radical (unpaired) electrons. The Labute approximate surface area is 197 Å². The lowest BCUT2D eigenvalue weighted by Crippen LogP contribution is -2.44. The fourth-order valence-corrected chi connectivity index (χ4v) is 5.49. The third-order valence-corrected chi connectivity index (χ3v) is 7.40. The number of carbonyl (C=O) groups excluding carboxylic acids is 1. The Morgan fingerprint density at radius 3 is 2.39 bits per heavy atom. The molecule has 172 valence electrons. The van der Waals surface area contributed by atoms with E-state index in [0.717, 1.165) is 81.7 Å². The molecule has 2 aromatic carbocycles. The van der Waals surface area contributed by atoms with Gasteiger partial charge in [-0.15, -0.1) is 0 Å². The van der Waals surface area contributed by atoms with E-state index in [1.54, 1.807) is 0 Å². The smallest absolute Gasteiger partial charge is 0.270 e. The van der Waals surface area contributed by atoms with Gasteiger partial charge in [0.05, 0.1) is 5.69 Å². The predicted octanol–water partition coefficient (Wildman–Crippen LogP) is 4.60. The molecule has 1 unspecified atom stereocenters. The fraction of sp³-hybridized carbons (Fsp3) is 0.429. The molecule has 2 N–H and O–H groups in total. The molecule has 2 heterocycles. The molecule has 5 rings (SSSR count). The van der Waals surface area contributed by atoms with Crippen LogP contribution in [0.1, 0.15) is 49.7 Å². The maximum atomic E-state index is 13.3. The number of fused-ring (bicyclic) bond motifs is 1. The maximum Gasteiger partial charge on any atom is 0.270 e. The van der Waals surface area contributed by atoms with Crippen molar-refractivity contribution in [3.63, 3.8) is 0 Å². The maximum absolute atomic E-state index is 13.3. The Morgan fingerprint density at radius 2 is 1.61 bits per heavy atom. The first-order valence-electron chi connectivity index (χ1n) is 12.4. The van der Waals surface area contributed by atoms with Crippen LogP contribution in [0, 0.1) is 0 Å². The molecule has 2 aliphatic heterocycles. The first-order chi connectivity index (χ1) is 16.2. The van der Waals surface area contributed by atoms with E-state index >= 15 is 0 Å². The average Bonchev–Trinajstić information content (AvgIpc) is 2.89. The normalized spacial score (nSPS) is 24.4. The van der Waals surface area contributed by atoms with Gasteiger partial charge in [0, 0.05) is 43.5 Å². The zero-order valence-electron chi connectivity index (χ0n) is 19.4. The predicted molar refractivity (Wildman–Crippen MR) is 133 cm³/mol. The molecular formula is C28H34N4O. The lowest BCUT2D eigenvalue weighted by atomic mass is 9.85. The van der Waals surface area contributed by atoms with Gasteiger partial charge < -0.3 is 10.6 Å². The van der Waals surface area contributed by atoms with E-state index in [4.69, 9.17) is 10.7 Å². The number of nitrogens with two attached hydrogens (primary N) is 1. The van der Waals surface area contributed by atoms with Crippen LogP contribution in [0.15, 0.2) is 70.9 Å². The molecule has 5 nitrogen and oxygen atoms in total. The Balaban J connectivity index is 1.43. The number of likely N-dealkylation sites (tertiary alicyclic amines) is 1.